The Labute approximate surface area is 116 Å². The Bertz CT molecular complexity index is 692. The van der Waals surface area contributed by atoms with Crippen molar-refractivity contribution in [2.75, 3.05) is 14.2 Å². The van der Waals surface area contributed by atoms with Crippen LogP contribution in [0.3, 0.4) is 0 Å². The molecule has 5 nitrogen and oxygen atoms in total. The monoisotopic (exact) mass is 273 g/mol. The molecule has 0 saturated heterocycles. The number of methoxy groups -OCH3 is 2. The van der Waals surface area contributed by atoms with Crippen molar-refractivity contribution >= 4 is 22.9 Å². The molecule has 0 aliphatic carbocycles. The third kappa shape index (κ3) is 2.42. The molecule has 1 heterocycles. The number of hydrogen-bond acceptors (Lipinski definition) is 5. The maximum atomic E-state index is 11.5. The molecular weight excluding hydrogens is 258 g/mol. The number of rotatable bonds is 3. The maximum Gasteiger partial charge on any atom is 0.356 e. The van der Waals surface area contributed by atoms with Gasteiger partial charge in [0.05, 0.1) is 14.2 Å². The minimum atomic E-state index is -0.609. The summed E-state index contributed by atoms with van der Waals surface area (Å²) in [5.74, 6) is -0.168. The zero-order valence-corrected chi connectivity index (χ0v) is 11.5. The van der Waals surface area contributed by atoms with Crippen molar-refractivity contribution in [2.45, 2.75) is 6.92 Å². The molecule has 0 aliphatic rings. The molecule has 104 valence electrons. The number of fused-ring (bicyclic) bond motifs is 1. The van der Waals surface area contributed by atoms with Gasteiger partial charge in [-0.05, 0) is 24.6 Å². The molecule has 0 bridgehead atoms. The minimum absolute atomic E-state index is 0.0367. The van der Waals surface area contributed by atoms with Crippen LogP contribution in [0.2, 0.25) is 0 Å². The summed E-state index contributed by atoms with van der Waals surface area (Å²) in [5.41, 5.74) is 1.33. The van der Waals surface area contributed by atoms with Gasteiger partial charge in [-0.1, -0.05) is 12.2 Å². The van der Waals surface area contributed by atoms with Crippen LogP contribution in [0.5, 0.6) is 11.5 Å². The first kappa shape index (κ1) is 13.9. The average molecular weight is 273 g/mol. The van der Waals surface area contributed by atoms with Gasteiger partial charge in [-0.25, -0.2) is 9.78 Å². The number of benzene rings is 1. The molecular formula is C15H15NO4. The molecule has 0 fully saturated rings. The molecule has 0 amide bonds. The van der Waals surface area contributed by atoms with E-state index in [1.165, 1.54) is 20.3 Å². The number of aromatic hydroxyl groups is 1. The van der Waals surface area contributed by atoms with Gasteiger partial charge >= 0.3 is 5.97 Å². The highest BCUT2D eigenvalue weighted by Gasteiger charge is 2.15. The van der Waals surface area contributed by atoms with Gasteiger partial charge in [-0.15, -0.1) is 0 Å². The molecule has 0 spiro atoms. The lowest BCUT2D eigenvalue weighted by atomic mass is 10.1. The van der Waals surface area contributed by atoms with E-state index in [0.717, 1.165) is 5.56 Å². The molecule has 1 N–H and O–H groups in total. The van der Waals surface area contributed by atoms with Gasteiger partial charge in [0.2, 0.25) is 0 Å². The fourth-order valence-electron chi connectivity index (χ4n) is 1.95. The van der Waals surface area contributed by atoms with Crippen molar-refractivity contribution in [1.82, 2.24) is 4.98 Å². The Kier molecular flexibility index (Phi) is 3.89. The minimum Gasteiger partial charge on any atom is -0.507 e. The van der Waals surface area contributed by atoms with Gasteiger partial charge in [-0.3, -0.25) is 0 Å². The number of aromatic nitrogens is 1. The highest BCUT2D eigenvalue weighted by Crippen LogP contribution is 2.33. The second-order valence-corrected chi connectivity index (χ2v) is 4.14. The van der Waals surface area contributed by atoms with Crippen LogP contribution in [-0.2, 0) is 4.74 Å². The van der Waals surface area contributed by atoms with Crippen molar-refractivity contribution in [1.29, 1.82) is 0 Å². The summed E-state index contributed by atoms with van der Waals surface area (Å²) in [6.07, 6.45) is 3.77. The molecule has 2 aromatic rings. The van der Waals surface area contributed by atoms with Gasteiger partial charge in [0.1, 0.15) is 17.0 Å². The van der Waals surface area contributed by atoms with Gasteiger partial charge in [-0.2, -0.15) is 0 Å². The summed E-state index contributed by atoms with van der Waals surface area (Å²) in [6, 6.07) is 4.85. The second kappa shape index (κ2) is 5.61. The number of esters is 1. The fourth-order valence-corrected chi connectivity index (χ4v) is 1.95. The molecule has 0 radical (unpaired) electrons. The van der Waals surface area contributed by atoms with Crippen LogP contribution in [0.15, 0.2) is 24.3 Å². The third-order valence-electron chi connectivity index (χ3n) is 2.85. The summed E-state index contributed by atoms with van der Waals surface area (Å²) in [6.45, 7) is 1.90. The van der Waals surface area contributed by atoms with Gasteiger partial charge in [0.25, 0.3) is 0 Å². The van der Waals surface area contributed by atoms with Gasteiger partial charge in [0.15, 0.2) is 5.69 Å². The number of carbonyl (C=O) groups is 1. The Balaban J connectivity index is 2.76. The third-order valence-corrected chi connectivity index (χ3v) is 2.85. The number of pyridine rings is 1. The number of nitrogens with zero attached hydrogens (tertiary/aromatic N) is 1. The molecule has 0 unspecified atom stereocenters. The van der Waals surface area contributed by atoms with Gasteiger partial charge < -0.3 is 14.6 Å². The van der Waals surface area contributed by atoms with Crippen LogP contribution >= 0.6 is 0 Å². The van der Waals surface area contributed by atoms with Crippen molar-refractivity contribution < 1.29 is 19.4 Å². The molecule has 1 aromatic heterocycles. The van der Waals surface area contributed by atoms with Crippen molar-refractivity contribution in [2.24, 2.45) is 0 Å². The number of carbonyl (C=O) groups excluding carboxylic acids is 1. The Morgan fingerprint density at radius 2 is 2.05 bits per heavy atom. The summed E-state index contributed by atoms with van der Waals surface area (Å²) in [4.78, 5) is 15.7. The van der Waals surface area contributed by atoms with Crippen molar-refractivity contribution in [3.63, 3.8) is 0 Å². The lowest BCUT2D eigenvalue weighted by Crippen LogP contribution is -2.04. The summed E-state index contributed by atoms with van der Waals surface area (Å²) >= 11 is 0. The Hall–Kier alpha value is -2.56. The van der Waals surface area contributed by atoms with E-state index in [-0.39, 0.29) is 11.4 Å². The molecule has 5 heteroatoms. The SMILES string of the molecule is CC=Cc1cc(OC)c2nc(C(=O)OC)cc(O)c2c1. The molecule has 1 aromatic carbocycles. The quantitative estimate of drug-likeness (QED) is 0.871. The Morgan fingerprint density at radius 1 is 1.30 bits per heavy atom. The zero-order valence-electron chi connectivity index (χ0n) is 11.5. The van der Waals surface area contributed by atoms with Crippen LogP contribution in [0, 0.1) is 0 Å². The van der Waals surface area contributed by atoms with Crippen LogP contribution in [0.25, 0.3) is 17.0 Å². The van der Waals surface area contributed by atoms with Gasteiger partial charge in [0, 0.05) is 11.5 Å². The topological polar surface area (TPSA) is 68.7 Å². The summed E-state index contributed by atoms with van der Waals surface area (Å²) < 4.78 is 9.89. The van der Waals surface area contributed by atoms with E-state index in [9.17, 15) is 9.90 Å². The predicted octanol–water partition coefficient (Wildman–Crippen LogP) is 2.77. The van der Waals surface area contributed by atoms with Crippen LogP contribution < -0.4 is 4.74 Å². The predicted molar refractivity (Wildman–Crippen MR) is 76.0 cm³/mol. The van der Waals surface area contributed by atoms with E-state index >= 15 is 0 Å². The van der Waals surface area contributed by atoms with E-state index < -0.39 is 5.97 Å². The maximum absolute atomic E-state index is 11.5. The molecule has 20 heavy (non-hydrogen) atoms. The van der Waals surface area contributed by atoms with E-state index in [4.69, 9.17) is 4.74 Å². The zero-order chi connectivity index (χ0) is 14.7. The lowest BCUT2D eigenvalue weighted by molar-refractivity contribution is 0.0594. The lowest BCUT2D eigenvalue weighted by Gasteiger charge is -2.09. The standard InChI is InChI=1S/C15H15NO4/c1-4-5-9-6-10-12(17)8-11(15(18)20-3)16-14(10)13(7-9)19-2/h4-8H,1-3H3,(H,16,17). The van der Waals surface area contributed by atoms with E-state index in [2.05, 4.69) is 9.72 Å². The van der Waals surface area contributed by atoms with E-state index in [0.29, 0.717) is 16.7 Å². The smallest absolute Gasteiger partial charge is 0.356 e. The highest BCUT2D eigenvalue weighted by atomic mass is 16.5. The second-order valence-electron chi connectivity index (χ2n) is 4.14. The molecule has 0 atom stereocenters. The number of allylic oxidation sites excluding steroid dienone is 1. The van der Waals surface area contributed by atoms with Crippen LogP contribution in [0.1, 0.15) is 23.0 Å². The number of ether oxygens (including phenoxy) is 2. The van der Waals surface area contributed by atoms with E-state index in [1.807, 2.05) is 19.1 Å². The first-order chi connectivity index (χ1) is 9.60. The number of hydrogen-bond donors (Lipinski definition) is 1. The van der Waals surface area contributed by atoms with Crippen LogP contribution in [0.4, 0.5) is 0 Å². The average Bonchev–Trinajstić information content (AvgIpc) is 2.46. The normalized spacial score (nSPS) is 10.9. The molecule has 0 saturated carbocycles. The van der Waals surface area contributed by atoms with E-state index in [1.54, 1.807) is 12.1 Å². The van der Waals surface area contributed by atoms with Crippen molar-refractivity contribution in [3.05, 3.63) is 35.5 Å². The first-order valence-electron chi connectivity index (χ1n) is 6.03. The Morgan fingerprint density at radius 3 is 2.65 bits per heavy atom. The highest BCUT2D eigenvalue weighted by molar-refractivity contribution is 5.97. The summed E-state index contributed by atoms with van der Waals surface area (Å²) in [7, 11) is 2.77. The first-order valence-corrected chi connectivity index (χ1v) is 6.03. The summed E-state index contributed by atoms with van der Waals surface area (Å²) in [5, 5.41) is 10.6. The largest absolute Gasteiger partial charge is 0.507 e. The van der Waals surface area contributed by atoms with Crippen molar-refractivity contribution in [3.8, 4) is 11.5 Å². The fraction of sp³-hybridized carbons (Fsp3) is 0.200. The van der Waals surface area contributed by atoms with Crippen LogP contribution in [-0.4, -0.2) is 30.3 Å². The molecule has 0 aliphatic heterocycles. The molecule has 2 rings (SSSR count).